The minimum absolute atomic E-state index is 0.233. The average molecular weight is 347 g/mol. The SMILES string of the molecule is O=C(CCc1cccs1)N1CCC(COc2ccccc2F)CC1. The summed E-state index contributed by atoms with van der Waals surface area (Å²) in [5, 5.41) is 2.04. The summed E-state index contributed by atoms with van der Waals surface area (Å²) in [6, 6.07) is 10.6. The first-order chi connectivity index (χ1) is 11.7. The number of piperidine rings is 1. The summed E-state index contributed by atoms with van der Waals surface area (Å²) >= 11 is 1.70. The molecular weight excluding hydrogens is 325 g/mol. The Kier molecular flexibility index (Phi) is 5.86. The molecular formula is C19H22FNO2S. The summed E-state index contributed by atoms with van der Waals surface area (Å²) in [7, 11) is 0. The number of ether oxygens (including phenoxy) is 1. The van der Waals surface area contributed by atoms with Gasteiger partial charge in [0.2, 0.25) is 5.91 Å². The molecule has 0 N–H and O–H groups in total. The Balaban J connectivity index is 1.39. The lowest BCUT2D eigenvalue weighted by atomic mass is 9.97. The number of amides is 1. The second-order valence-corrected chi connectivity index (χ2v) is 7.18. The van der Waals surface area contributed by atoms with Crippen LogP contribution in [-0.4, -0.2) is 30.5 Å². The zero-order valence-corrected chi connectivity index (χ0v) is 14.4. The summed E-state index contributed by atoms with van der Waals surface area (Å²) in [4.78, 5) is 15.5. The zero-order valence-electron chi connectivity index (χ0n) is 13.6. The third-order valence-corrected chi connectivity index (χ3v) is 5.38. The lowest BCUT2D eigenvalue weighted by Crippen LogP contribution is -2.39. The molecule has 0 bridgehead atoms. The minimum atomic E-state index is -0.321. The van der Waals surface area contributed by atoms with E-state index >= 15 is 0 Å². The van der Waals surface area contributed by atoms with Crippen LogP contribution in [0.1, 0.15) is 24.1 Å². The topological polar surface area (TPSA) is 29.5 Å². The molecule has 1 amide bonds. The fourth-order valence-corrected chi connectivity index (χ4v) is 3.67. The van der Waals surface area contributed by atoms with Gasteiger partial charge in [-0.25, -0.2) is 4.39 Å². The molecule has 1 fully saturated rings. The molecule has 1 aliphatic rings. The number of thiophene rings is 1. The van der Waals surface area contributed by atoms with E-state index < -0.39 is 0 Å². The first kappa shape index (κ1) is 17.0. The largest absolute Gasteiger partial charge is 0.490 e. The van der Waals surface area contributed by atoms with Gasteiger partial charge in [-0.05, 0) is 48.8 Å². The van der Waals surface area contributed by atoms with Crippen LogP contribution in [0, 0.1) is 11.7 Å². The molecule has 128 valence electrons. The molecule has 1 aliphatic heterocycles. The molecule has 0 aliphatic carbocycles. The van der Waals surface area contributed by atoms with E-state index in [0.29, 0.717) is 24.7 Å². The Labute approximate surface area is 146 Å². The number of nitrogens with zero attached hydrogens (tertiary/aromatic N) is 1. The molecule has 0 atom stereocenters. The highest BCUT2D eigenvalue weighted by atomic mass is 32.1. The van der Waals surface area contributed by atoms with Crippen molar-refractivity contribution >= 4 is 17.2 Å². The van der Waals surface area contributed by atoms with Crippen LogP contribution in [0.15, 0.2) is 41.8 Å². The number of hydrogen-bond acceptors (Lipinski definition) is 3. The van der Waals surface area contributed by atoms with E-state index in [9.17, 15) is 9.18 Å². The maximum Gasteiger partial charge on any atom is 0.222 e. The molecule has 24 heavy (non-hydrogen) atoms. The Bertz CT molecular complexity index is 651. The molecule has 3 nitrogen and oxygen atoms in total. The number of likely N-dealkylation sites (tertiary alicyclic amines) is 1. The van der Waals surface area contributed by atoms with Crippen LogP contribution < -0.4 is 4.74 Å². The van der Waals surface area contributed by atoms with E-state index in [1.807, 2.05) is 16.3 Å². The smallest absolute Gasteiger partial charge is 0.222 e. The molecule has 2 aromatic rings. The number of hydrogen-bond donors (Lipinski definition) is 0. The Morgan fingerprint density at radius 2 is 2.00 bits per heavy atom. The van der Waals surface area contributed by atoms with Gasteiger partial charge in [-0.2, -0.15) is 0 Å². The van der Waals surface area contributed by atoms with Gasteiger partial charge in [0.1, 0.15) is 0 Å². The van der Waals surface area contributed by atoms with Crippen molar-refractivity contribution in [3.63, 3.8) is 0 Å². The van der Waals surface area contributed by atoms with E-state index in [0.717, 1.165) is 32.4 Å². The highest BCUT2D eigenvalue weighted by Crippen LogP contribution is 2.22. The van der Waals surface area contributed by atoms with Crippen molar-refractivity contribution in [1.82, 2.24) is 4.90 Å². The van der Waals surface area contributed by atoms with Crippen molar-refractivity contribution in [2.45, 2.75) is 25.7 Å². The summed E-state index contributed by atoms with van der Waals surface area (Å²) in [6.45, 7) is 2.06. The highest BCUT2D eigenvalue weighted by Gasteiger charge is 2.23. The van der Waals surface area contributed by atoms with Gasteiger partial charge in [-0.15, -0.1) is 11.3 Å². The molecule has 1 aromatic carbocycles. The first-order valence-electron chi connectivity index (χ1n) is 8.40. The van der Waals surface area contributed by atoms with Gasteiger partial charge in [0.25, 0.3) is 0 Å². The van der Waals surface area contributed by atoms with Crippen molar-refractivity contribution in [2.75, 3.05) is 19.7 Å². The van der Waals surface area contributed by atoms with E-state index in [1.54, 1.807) is 29.5 Å². The highest BCUT2D eigenvalue weighted by molar-refractivity contribution is 7.09. The number of carbonyl (C=O) groups excluding carboxylic acids is 1. The Hall–Kier alpha value is -1.88. The second kappa shape index (κ2) is 8.29. The zero-order chi connectivity index (χ0) is 16.8. The predicted octanol–water partition coefficient (Wildman–Crippen LogP) is 4.14. The van der Waals surface area contributed by atoms with Crippen LogP contribution >= 0.6 is 11.3 Å². The normalized spacial score (nSPS) is 15.5. The van der Waals surface area contributed by atoms with E-state index in [-0.39, 0.29) is 11.7 Å². The van der Waals surface area contributed by atoms with Gasteiger partial charge in [0.15, 0.2) is 11.6 Å². The van der Waals surface area contributed by atoms with Crippen LogP contribution in [0.5, 0.6) is 5.75 Å². The molecule has 1 saturated heterocycles. The Morgan fingerprint density at radius 1 is 1.21 bits per heavy atom. The molecule has 3 rings (SSSR count). The molecule has 0 saturated carbocycles. The molecule has 0 radical (unpaired) electrons. The lowest BCUT2D eigenvalue weighted by molar-refractivity contribution is -0.132. The van der Waals surface area contributed by atoms with Crippen molar-refractivity contribution in [2.24, 2.45) is 5.92 Å². The Morgan fingerprint density at radius 3 is 2.71 bits per heavy atom. The van der Waals surface area contributed by atoms with Gasteiger partial charge in [0.05, 0.1) is 6.61 Å². The number of para-hydroxylation sites is 1. The molecule has 0 unspecified atom stereocenters. The van der Waals surface area contributed by atoms with Crippen LogP contribution in [0.3, 0.4) is 0 Å². The minimum Gasteiger partial charge on any atom is -0.490 e. The van der Waals surface area contributed by atoms with Crippen molar-refractivity contribution < 1.29 is 13.9 Å². The monoisotopic (exact) mass is 347 g/mol. The lowest BCUT2D eigenvalue weighted by Gasteiger charge is -2.32. The first-order valence-corrected chi connectivity index (χ1v) is 9.28. The number of halogens is 1. The molecule has 1 aromatic heterocycles. The predicted molar refractivity (Wildman–Crippen MR) is 93.8 cm³/mol. The molecule has 0 spiro atoms. The molecule has 2 heterocycles. The van der Waals surface area contributed by atoms with Gasteiger partial charge >= 0.3 is 0 Å². The third kappa shape index (κ3) is 4.57. The van der Waals surface area contributed by atoms with Crippen molar-refractivity contribution in [3.8, 4) is 5.75 Å². The maximum atomic E-state index is 13.5. The van der Waals surface area contributed by atoms with Crippen LogP contribution in [0.25, 0.3) is 0 Å². The summed E-state index contributed by atoms with van der Waals surface area (Å²) in [5.74, 6) is 0.605. The maximum absolute atomic E-state index is 13.5. The van der Waals surface area contributed by atoms with Crippen LogP contribution in [0.4, 0.5) is 4.39 Å². The van der Waals surface area contributed by atoms with Crippen molar-refractivity contribution in [3.05, 3.63) is 52.5 Å². The van der Waals surface area contributed by atoms with E-state index in [2.05, 4.69) is 6.07 Å². The van der Waals surface area contributed by atoms with Crippen LogP contribution in [0.2, 0.25) is 0 Å². The quantitative estimate of drug-likeness (QED) is 0.786. The fourth-order valence-electron chi connectivity index (χ4n) is 2.96. The average Bonchev–Trinajstić information content (AvgIpc) is 3.13. The third-order valence-electron chi connectivity index (χ3n) is 4.44. The van der Waals surface area contributed by atoms with E-state index in [4.69, 9.17) is 4.74 Å². The number of benzene rings is 1. The molecule has 5 heteroatoms. The van der Waals surface area contributed by atoms with Crippen LogP contribution in [-0.2, 0) is 11.2 Å². The number of carbonyl (C=O) groups is 1. The number of aryl methyl sites for hydroxylation is 1. The number of rotatable bonds is 6. The van der Waals surface area contributed by atoms with Gasteiger partial charge < -0.3 is 9.64 Å². The van der Waals surface area contributed by atoms with E-state index in [1.165, 1.54) is 10.9 Å². The summed E-state index contributed by atoms with van der Waals surface area (Å²) < 4.78 is 19.1. The second-order valence-electron chi connectivity index (χ2n) is 6.14. The van der Waals surface area contributed by atoms with Gasteiger partial charge in [-0.1, -0.05) is 18.2 Å². The van der Waals surface area contributed by atoms with Crippen molar-refractivity contribution in [1.29, 1.82) is 0 Å². The fraction of sp³-hybridized carbons (Fsp3) is 0.421. The summed E-state index contributed by atoms with van der Waals surface area (Å²) in [5.41, 5.74) is 0. The van der Waals surface area contributed by atoms with Gasteiger partial charge in [-0.3, -0.25) is 4.79 Å². The van der Waals surface area contributed by atoms with Gasteiger partial charge in [0, 0.05) is 24.4 Å². The standard InChI is InChI=1S/C19H22FNO2S/c20-17-5-1-2-6-18(17)23-14-15-9-11-21(12-10-15)19(22)8-7-16-4-3-13-24-16/h1-6,13,15H,7-12,14H2. The summed E-state index contributed by atoms with van der Waals surface area (Å²) in [6.07, 6.45) is 3.24.